The van der Waals surface area contributed by atoms with Gasteiger partial charge in [-0.1, -0.05) is 30.3 Å². The lowest BCUT2D eigenvalue weighted by molar-refractivity contribution is -0.234. The lowest BCUT2D eigenvalue weighted by Crippen LogP contribution is -2.67. The van der Waals surface area contributed by atoms with Crippen LogP contribution < -0.4 is 10.4 Å². The molecule has 1 aliphatic heterocycles. The maximum atomic E-state index is 13.5. The number of ketones is 1. The highest BCUT2D eigenvalue weighted by Gasteiger charge is 2.85. The molecule has 1 unspecified atom stereocenters. The number of rotatable bonds is 4. The van der Waals surface area contributed by atoms with Gasteiger partial charge in [0.05, 0.1) is 30.6 Å². The molecule has 3 N–H and O–H groups in total. The quantitative estimate of drug-likeness (QED) is 0.458. The van der Waals surface area contributed by atoms with Gasteiger partial charge in [-0.15, -0.1) is 0 Å². The van der Waals surface area contributed by atoms with Crippen LogP contribution >= 0.6 is 0 Å². The number of carbonyl (C=O) groups is 2. The zero-order valence-electron chi connectivity index (χ0n) is 16.5. The number of benzene rings is 1. The Bertz CT molecular complexity index is 1140. The second-order valence-corrected chi connectivity index (χ2v) is 8.43. The molecule has 2 aromatic rings. The Kier molecular flexibility index (Phi) is 4.02. The van der Waals surface area contributed by atoms with Crippen LogP contribution in [0, 0.1) is 5.92 Å². The molecule has 2 aliphatic carbocycles. The van der Waals surface area contributed by atoms with Crippen molar-refractivity contribution >= 4 is 11.8 Å². The van der Waals surface area contributed by atoms with Crippen molar-refractivity contribution < 1.29 is 38.8 Å². The van der Waals surface area contributed by atoms with E-state index in [1.54, 1.807) is 18.2 Å². The van der Waals surface area contributed by atoms with Crippen LogP contribution in [0.2, 0.25) is 0 Å². The maximum absolute atomic E-state index is 13.5. The molecule has 3 aliphatic rings. The number of hydrogen-bond acceptors (Lipinski definition) is 9. The van der Waals surface area contributed by atoms with Crippen LogP contribution in [-0.4, -0.2) is 57.1 Å². The molecule has 6 atom stereocenters. The number of Topliss-reactive ketones (excluding diaryl/α,β-unsaturated/α-hetero) is 1. The standard InChI is InChI=1S/C22H20O9/c1-29-12-7-14(31-15(23)8-12)17-20(26)9-13-10-21(17,27)22(28,19(25)30-13)18(20)16(24)11-5-3-2-4-6-11/h2-8,13,17-18,26-28H,9-10H2,1H3/t13-,17-,18-,20-,21?,22+/m0/s1. The number of methoxy groups -OCH3 is 1. The Labute approximate surface area is 175 Å². The first-order valence-corrected chi connectivity index (χ1v) is 9.81. The summed E-state index contributed by atoms with van der Waals surface area (Å²) >= 11 is 0. The van der Waals surface area contributed by atoms with Gasteiger partial charge in [0.15, 0.2) is 5.78 Å². The molecule has 2 saturated carbocycles. The molecule has 9 heteroatoms. The summed E-state index contributed by atoms with van der Waals surface area (Å²) in [5, 5.41) is 35.1. The molecule has 2 heterocycles. The number of hydrogen-bond donors (Lipinski definition) is 3. The first-order chi connectivity index (χ1) is 14.6. The van der Waals surface area contributed by atoms with Crippen LogP contribution in [0.4, 0.5) is 0 Å². The fourth-order valence-corrected chi connectivity index (χ4v) is 5.72. The predicted molar refractivity (Wildman–Crippen MR) is 102 cm³/mol. The van der Waals surface area contributed by atoms with E-state index in [1.165, 1.54) is 25.3 Å². The zero-order chi connectivity index (χ0) is 22.2. The average Bonchev–Trinajstić information content (AvgIpc) is 2.76. The topological polar surface area (TPSA) is 144 Å². The zero-order valence-corrected chi connectivity index (χ0v) is 16.5. The van der Waals surface area contributed by atoms with E-state index in [0.717, 1.165) is 6.07 Å². The van der Waals surface area contributed by atoms with Gasteiger partial charge in [-0.3, -0.25) is 4.79 Å². The summed E-state index contributed by atoms with van der Waals surface area (Å²) in [5.74, 6) is -5.19. The molecule has 0 amide bonds. The van der Waals surface area contributed by atoms with Gasteiger partial charge in [0.25, 0.3) is 0 Å². The van der Waals surface area contributed by atoms with E-state index < -0.39 is 52.1 Å². The van der Waals surface area contributed by atoms with E-state index in [0.29, 0.717) is 0 Å². The van der Waals surface area contributed by atoms with E-state index >= 15 is 0 Å². The Balaban J connectivity index is 1.76. The molecule has 0 radical (unpaired) electrons. The van der Waals surface area contributed by atoms with Crippen molar-refractivity contribution in [3.05, 3.63) is 64.2 Å². The third-order valence-corrected chi connectivity index (χ3v) is 6.84. The molecular weight excluding hydrogens is 408 g/mol. The normalized spacial score (nSPS) is 38.1. The second-order valence-electron chi connectivity index (χ2n) is 8.43. The lowest BCUT2D eigenvalue weighted by Gasteiger charge is -2.49. The molecule has 0 spiro atoms. The van der Waals surface area contributed by atoms with Crippen LogP contribution in [0.15, 0.2) is 51.7 Å². The summed E-state index contributed by atoms with van der Waals surface area (Å²) in [5.41, 5.74) is -7.84. The van der Waals surface area contributed by atoms with Crippen LogP contribution in [-0.2, 0) is 9.53 Å². The largest absolute Gasteiger partial charge is 0.496 e. The minimum atomic E-state index is -2.74. The van der Waals surface area contributed by atoms with E-state index in [4.69, 9.17) is 13.9 Å². The summed E-state index contributed by atoms with van der Waals surface area (Å²) in [4.78, 5) is 38.4. The van der Waals surface area contributed by atoms with E-state index in [-0.39, 0.29) is 29.9 Å². The minimum absolute atomic E-state index is 0.106. The van der Waals surface area contributed by atoms with Gasteiger partial charge in [0.1, 0.15) is 23.2 Å². The van der Waals surface area contributed by atoms with Crippen LogP contribution in [0.5, 0.6) is 5.75 Å². The number of esters is 1. The monoisotopic (exact) mass is 428 g/mol. The molecule has 3 fully saturated rings. The van der Waals surface area contributed by atoms with Gasteiger partial charge in [0.2, 0.25) is 5.60 Å². The molecule has 1 aromatic carbocycles. The molecule has 5 rings (SSSR count). The summed E-state index contributed by atoms with van der Waals surface area (Å²) in [6.45, 7) is 0. The highest BCUT2D eigenvalue weighted by atomic mass is 16.6. The van der Waals surface area contributed by atoms with Crippen molar-refractivity contribution in [2.45, 2.75) is 41.7 Å². The predicted octanol–water partition coefficient (Wildman–Crippen LogP) is 0.157. The summed E-state index contributed by atoms with van der Waals surface area (Å²) < 4.78 is 15.6. The van der Waals surface area contributed by atoms with Gasteiger partial charge in [-0.25, -0.2) is 9.59 Å². The van der Waals surface area contributed by atoms with Crippen molar-refractivity contribution in [1.82, 2.24) is 0 Å². The molecule has 3 bridgehead atoms. The van der Waals surface area contributed by atoms with Gasteiger partial charge in [0, 0.05) is 24.5 Å². The first-order valence-electron chi connectivity index (χ1n) is 9.81. The summed E-state index contributed by atoms with van der Waals surface area (Å²) in [6, 6.07) is 10.2. The van der Waals surface area contributed by atoms with E-state index in [9.17, 15) is 29.7 Å². The summed E-state index contributed by atoms with van der Waals surface area (Å²) in [7, 11) is 1.33. The van der Waals surface area contributed by atoms with Gasteiger partial charge in [-0.05, 0) is 0 Å². The van der Waals surface area contributed by atoms with Gasteiger partial charge in [-0.2, -0.15) is 0 Å². The fourth-order valence-electron chi connectivity index (χ4n) is 5.72. The van der Waals surface area contributed by atoms with Crippen LogP contribution in [0.3, 0.4) is 0 Å². The van der Waals surface area contributed by atoms with E-state index in [1.807, 2.05) is 0 Å². The van der Waals surface area contributed by atoms with Crippen molar-refractivity contribution in [3.8, 4) is 5.75 Å². The maximum Gasteiger partial charge on any atom is 0.342 e. The van der Waals surface area contributed by atoms with Gasteiger partial charge >= 0.3 is 11.6 Å². The lowest BCUT2D eigenvalue weighted by atomic mass is 9.67. The highest BCUT2D eigenvalue weighted by molar-refractivity contribution is 6.04. The number of carbonyl (C=O) groups excluding carboxylic acids is 2. The Hall–Kier alpha value is -3.01. The van der Waals surface area contributed by atoms with Crippen LogP contribution in [0.25, 0.3) is 0 Å². The Morgan fingerprint density at radius 1 is 1.10 bits per heavy atom. The minimum Gasteiger partial charge on any atom is -0.496 e. The fraction of sp³-hybridized carbons (Fsp3) is 0.409. The third kappa shape index (κ3) is 2.39. The molecule has 162 valence electrons. The average molecular weight is 428 g/mol. The molecule has 31 heavy (non-hydrogen) atoms. The van der Waals surface area contributed by atoms with E-state index in [2.05, 4.69) is 0 Å². The van der Waals surface area contributed by atoms with Gasteiger partial charge < -0.3 is 29.2 Å². The second kappa shape index (κ2) is 6.25. The summed E-state index contributed by atoms with van der Waals surface area (Å²) in [6.07, 6.45) is -1.37. The van der Waals surface area contributed by atoms with Crippen molar-refractivity contribution in [3.63, 3.8) is 0 Å². The van der Waals surface area contributed by atoms with Crippen molar-refractivity contribution in [1.29, 1.82) is 0 Å². The third-order valence-electron chi connectivity index (χ3n) is 6.84. The number of aliphatic hydroxyl groups is 3. The smallest absolute Gasteiger partial charge is 0.342 e. The van der Waals surface area contributed by atoms with Crippen molar-refractivity contribution in [2.24, 2.45) is 5.92 Å². The van der Waals surface area contributed by atoms with Crippen molar-refractivity contribution in [2.75, 3.05) is 7.11 Å². The Morgan fingerprint density at radius 2 is 1.81 bits per heavy atom. The molecule has 1 saturated heterocycles. The first kappa shape index (κ1) is 19.9. The molecule has 9 nitrogen and oxygen atoms in total. The Morgan fingerprint density at radius 3 is 2.48 bits per heavy atom. The molecule has 1 aromatic heterocycles. The number of fused-ring (bicyclic) bond motifs is 2. The number of ether oxygens (including phenoxy) is 2. The highest BCUT2D eigenvalue weighted by Crippen LogP contribution is 2.67. The van der Waals surface area contributed by atoms with Crippen LogP contribution in [0.1, 0.15) is 34.9 Å². The molecular formula is C22H20O9. The SMILES string of the molecule is COc1cc([C@@H]2C3(O)C[C@@H]4C[C@@]2(O)[C@H](C(=O)c2ccccc2)[C@@]3(O)C(=O)O4)oc(=O)c1.